The molecule has 8 N–H and O–H groups in total. The van der Waals surface area contributed by atoms with Crippen LogP contribution in [-0.2, 0) is 18.9 Å². The van der Waals surface area contributed by atoms with Gasteiger partial charge in [-0.15, -0.1) is 0 Å². The van der Waals surface area contributed by atoms with Crippen molar-refractivity contribution in [3.05, 3.63) is 0 Å². The summed E-state index contributed by atoms with van der Waals surface area (Å²) in [5.41, 5.74) is -2.91. The number of rotatable bonds is 5. The Balaban J connectivity index is -0.0000000933. The van der Waals surface area contributed by atoms with Gasteiger partial charge in [0.2, 0.25) is 0 Å². The molecule has 0 saturated carbocycles. The first kappa shape index (κ1) is 33.1. The Morgan fingerprint density at radius 1 is 1.00 bits per heavy atom. The molecule has 0 rings (SSSR count). The van der Waals surface area contributed by atoms with E-state index in [0.29, 0.717) is 0 Å². The van der Waals surface area contributed by atoms with Crippen molar-refractivity contribution in [2.45, 2.75) is 18.4 Å². The second-order valence-corrected chi connectivity index (χ2v) is 3.98. The van der Waals surface area contributed by atoms with Crippen LogP contribution in [0, 0.1) is 0 Å². The maximum atomic E-state index is 10.2. The van der Waals surface area contributed by atoms with Crippen molar-refractivity contribution >= 4 is 25.7 Å². The van der Waals surface area contributed by atoms with Crippen molar-refractivity contribution in [2.75, 3.05) is 0 Å². The van der Waals surface area contributed by atoms with Gasteiger partial charge < -0.3 is 50.8 Å². The number of carbonyl (C=O) groups is 3. The normalized spacial score (nSPS) is 11.8. The number of phosphoric acid groups is 1. The number of aliphatic carboxylic acids is 3. The molecule has 15 heteroatoms. The Morgan fingerprint density at radius 2 is 1.29 bits per heavy atom. The third kappa shape index (κ3) is 25.7. The average molecular weight is 351 g/mol. The van der Waals surface area contributed by atoms with Gasteiger partial charge in [0.05, 0.1) is 12.4 Å². The molecule has 0 aromatic carbocycles. The summed E-state index contributed by atoms with van der Waals surface area (Å²) in [5, 5.41) is 37.2. The molecule has 0 aliphatic carbocycles. The van der Waals surface area contributed by atoms with Gasteiger partial charge in [-0.1, -0.05) is 0 Å². The third-order valence-corrected chi connectivity index (χ3v) is 1.26. The monoisotopic (exact) mass is 351 g/mol. The number of carboxylic acids is 3. The smallest absolute Gasteiger partial charge is 0.550 e. The molecule has 0 aromatic rings. The van der Waals surface area contributed by atoms with Crippen molar-refractivity contribution in [3.63, 3.8) is 0 Å². The van der Waals surface area contributed by atoms with Gasteiger partial charge in [-0.2, -0.15) is 0 Å². The number of carbonyl (C=O) groups excluding carboxylic acids is 2. The predicted molar refractivity (Wildman–Crippen MR) is 51.1 cm³/mol. The summed E-state index contributed by atoms with van der Waals surface area (Å²) in [6.45, 7) is 0. The summed E-state index contributed by atoms with van der Waals surface area (Å²) in [6, 6.07) is 0. The fourth-order valence-corrected chi connectivity index (χ4v) is 0.696. The maximum absolute atomic E-state index is 10.2. The van der Waals surface area contributed by atoms with E-state index >= 15 is 0 Å². The zero-order valence-electron chi connectivity index (χ0n) is 11.3. The van der Waals surface area contributed by atoms with Gasteiger partial charge in [-0.3, -0.25) is 4.79 Å². The van der Waals surface area contributed by atoms with E-state index in [0.717, 1.165) is 0 Å². The molecule has 21 heavy (non-hydrogen) atoms. The predicted octanol–water partition coefficient (Wildman–Crippen LogP) is -10.7. The fraction of sp³-hybridized carbons (Fsp3) is 0.500. The molecule has 0 heterocycles. The molecular weight excluding hydrogens is 339 g/mol. The molecule has 0 amide bonds. The topological polar surface area (TPSA) is 251 Å². The van der Waals surface area contributed by atoms with E-state index in [1.165, 1.54) is 0 Å². The zero-order valence-corrected chi connectivity index (χ0v) is 16.1. The number of hydrogen-bond acceptors (Lipinski definition) is 8. The van der Waals surface area contributed by atoms with Crippen LogP contribution in [0.2, 0.25) is 0 Å². The minimum absolute atomic E-state index is 0. The molecule has 0 aromatic heterocycles. The summed E-state index contributed by atoms with van der Waals surface area (Å²) >= 11 is 0. The van der Waals surface area contributed by atoms with E-state index in [1.807, 2.05) is 0 Å². The van der Waals surface area contributed by atoms with Crippen LogP contribution in [0.3, 0.4) is 0 Å². The Kier molecular flexibility index (Phi) is 22.2. The Labute approximate surface area is 162 Å². The van der Waals surface area contributed by atoms with Crippen molar-refractivity contribution in [2.24, 2.45) is 0 Å². The molecule has 0 aliphatic rings. The standard InChI is InChI=1S/C6H8O7.H3N.2Na.H3O4P/c7-3(8)1-6(13,5(11)12)2-4(9)10;;;;1-5(2,3)4/h13H,1-2H2,(H,7,8)(H,9,10)(H,11,12);1H3;;;(H3,1,2,3,4)/q;;2*+1;/p-2. The summed E-state index contributed by atoms with van der Waals surface area (Å²) in [6.07, 6.45) is -2.56. The van der Waals surface area contributed by atoms with Crippen LogP contribution in [0.5, 0.6) is 0 Å². The van der Waals surface area contributed by atoms with E-state index in [9.17, 15) is 24.6 Å². The second-order valence-electron chi connectivity index (χ2n) is 2.95. The average Bonchev–Trinajstić information content (AvgIpc) is 1.95. The van der Waals surface area contributed by atoms with Gasteiger partial charge >= 0.3 is 72.9 Å². The first-order valence-electron chi connectivity index (χ1n) is 3.91. The minimum Gasteiger partial charge on any atom is -0.550 e. The first-order chi connectivity index (χ1) is 7.78. The maximum Gasteiger partial charge on any atom is 1.00 e. The van der Waals surface area contributed by atoms with Gasteiger partial charge in [-0.25, -0.2) is 4.57 Å². The summed E-state index contributed by atoms with van der Waals surface area (Å²) in [7, 11) is -4.64. The van der Waals surface area contributed by atoms with Gasteiger partial charge in [0.25, 0.3) is 0 Å². The second kappa shape index (κ2) is 14.1. The summed E-state index contributed by atoms with van der Waals surface area (Å²) < 4.78 is 8.88. The SMILES string of the molecule is N.O=C([O-])CC(O)(CC(=O)O)C(=O)[O-].O=P(O)(O)O.[Na+].[Na+]. The molecule has 1 atom stereocenters. The summed E-state index contributed by atoms with van der Waals surface area (Å²) in [5.74, 6) is -5.67. The molecule has 1 unspecified atom stereocenters. The molecule has 0 spiro atoms. The molecule has 12 nitrogen and oxygen atoms in total. The first-order valence-corrected chi connectivity index (χ1v) is 5.48. The number of carboxylic acid groups (broad SMARTS) is 3. The molecular formula is C6H12NNa2O11P. The van der Waals surface area contributed by atoms with Crippen molar-refractivity contribution in [1.29, 1.82) is 0 Å². The molecule has 0 bridgehead atoms. The molecule has 0 saturated heterocycles. The van der Waals surface area contributed by atoms with Gasteiger partial charge in [-0.05, 0) is 0 Å². The Hall–Kier alpha value is 0.440. The van der Waals surface area contributed by atoms with E-state index < -0.39 is 44.2 Å². The van der Waals surface area contributed by atoms with E-state index in [1.54, 1.807) is 0 Å². The van der Waals surface area contributed by atoms with E-state index in [2.05, 4.69) is 0 Å². The third-order valence-electron chi connectivity index (χ3n) is 1.26. The number of hydrogen-bond donors (Lipinski definition) is 6. The van der Waals surface area contributed by atoms with Crippen LogP contribution in [-0.4, -0.2) is 48.4 Å². The van der Waals surface area contributed by atoms with Crippen molar-refractivity contribution in [1.82, 2.24) is 6.15 Å². The van der Waals surface area contributed by atoms with E-state index in [4.69, 9.17) is 29.5 Å². The molecule has 114 valence electrons. The fourth-order valence-electron chi connectivity index (χ4n) is 0.696. The van der Waals surface area contributed by atoms with Gasteiger partial charge in [0.15, 0.2) is 0 Å². The Bertz CT molecular complexity index is 359. The van der Waals surface area contributed by atoms with Crippen LogP contribution >= 0.6 is 7.82 Å². The quantitative estimate of drug-likeness (QED) is 0.199. The largest absolute Gasteiger partial charge is 1.00 e. The van der Waals surface area contributed by atoms with Gasteiger partial charge in [0, 0.05) is 12.4 Å². The van der Waals surface area contributed by atoms with Crippen LogP contribution in [0.15, 0.2) is 0 Å². The summed E-state index contributed by atoms with van der Waals surface area (Å²) in [4.78, 5) is 51.7. The molecule has 0 aliphatic heterocycles. The molecule has 0 radical (unpaired) electrons. The van der Waals surface area contributed by atoms with Crippen LogP contribution in [0.25, 0.3) is 0 Å². The van der Waals surface area contributed by atoms with Crippen LogP contribution < -0.4 is 75.5 Å². The Morgan fingerprint density at radius 3 is 1.43 bits per heavy atom. The van der Waals surface area contributed by atoms with Gasteiger partial charge in [0.1, 0.15) is 5.60 Å². The zero-order chi connectivity index (χ0) is 15.1. The van der Waals surface area contributed by atoms with Crippen molar-refractivity contribution in [3.8, 4) is 0 Å². The van der Waals surface area contributed by atoms with Crippen molar-refractivity contribution < 1.29 is 113 Å². The number of aliphatic hydroxyl groups is 1. The van der Waals surface area contributed by atoms with Crippen LogP contribution in [0.1, 0.15) is 12.8 Å². The van der Waals surface area contributed by atoms with Crippen LogP contribution in [0.4, 0.5) is 0 Å². The molecule has 0 fully saturated rings. The minimum atomic E-state index is -4.64. The van der Waals surface area contributed by atoms with E-state index in [-0.39, 0.29) is 65.3 Å².